The summed E-state index contributed by atoms with van der Waals surface area (Å²) in [6.45, 7) is 8.83. The predicted octanol–water partition coefficient (Wildman–Crippen LogP) is 3.34. The van der Waals surface area contributed by atoms with Crippen molar-refractivity contribution < 1.29 is 9.59 Å². The first-order valence-electron chi connectivity index (χ1n) is 7.07. The van der Waals surface area contributed by atoms with Gasteiger partial charge in [0, 0.05) is 25.2 Å². The van der Waals surface area contributed by atoms with Gasteiger partial charge in [0.05, 0.1) is 0 Å². The molecule has 0 atom stereocenters. The van der Waals surface area contributed by atoms with Gasteiger partial charge in [0.15, 0.2) is 0 Å². The molecule has 2 N–H and O–H groups in total. The van der Waals surface area contributed by atoms with Crippen LogP contribution in [0.25, 0.3) is 0 Å². The van der Waals surface area contributed by atoms with Gasteiger partial charge in [-0.25, -0.2) is 0 Å². The fraction of sp³-hybridized carbons (Fsp3) is 0.222. The highest BCUT2D eigenvalue weighted by atomic mass is 16.2. The van der Waals surface area contributed by atoms with Crippen molar-refractivity contribution in [1.29, 1.82) is 0 Å². The van der Waals surface area contributed by atoms with Crippen molar-refractivity contribution >= 4 is 17.5 Å². The maximum Gasteiger partial charge on any atom is 0.221 e. The Bertz CT molecular complexity index is 610. The molecule has 1 aromatic carbocycles. The first-order valence-corrected chi connectivity index (χ1v) is 7.07. The molecule has 116 valence electrons. The zero-order valence-electron chi connectivity index (χ0n) is 13.3. The van der Waals surface area contributed by atoms with Crippen molar-refractivity contribution in [2.24, 2.45) is 0 Å². The Morgan fingerprint density at radius 2 is 1.73 bits per heavy atom. The molecule has 0 saturated heterocycles. The van der Waals surface area contributed by atoms with Gasteiger partial charge in [0.1, 0.15) is 0 Å². The second-order valence-corrected chi connectivity index (χ2v) is 4.97. The van der Waals surface area contributed by atoms with E-state index in [4.69, 9.17) is 0 Å². The van der Waals surface area contributed by atoms with Gasteiger partial charge in [-0.15, -0.1) is 0 Å². The largest absolute Gasteiger partial charge is 0.327 e. The standard InChI is InChI=1S/C18H22N2O2/c1-5-17(19-14(3)21)9-6-13(2)12-16-7-10-18(11-8-16)20-15(4)22/h5-11H,2,12H2,1,3-4H3,(H,19,21)(H,20,22)/b9-6-,17-5+. The molecule has 1 aromatic rings. The van der Waals surface area contributed by atoms with Crippen LogP contribution in [0.5, 0.6) is 0 Å². The minimum atomic E-state index is -0.100. The monoisotopic (exact) mass is 298 g/mol. The number of anilines is 1. The van der Waals surface area contributed by atoms with Crippen LogP contribution in [-0.4, -0.2) is 11.8 Å². The van der Waals surface area contributed by atoms with Gasteiger partial charge in [-0.05, 0) is 37.1 Å². The SMILES string of the molecule is C=C(/C=C\C(=C/C)NC(C)=O)Cc1ccc(NC(C)=O)cc1. The first-order chi connectivity index (χ1) is 10.4. The molecule has 0 bridgehead atoms. The lowest BCUT2D eigenvalue weighted by molar-refractivity contribution is -0.118. The van der Waals surface area contributed by atoms with Crippen molar-refractivity contribution in [2.75, 3.05) is 5.32 Å². The van der Waals surface area contributed by atoms with Crippen molar-refractivity contribution in [3.8, 4) is 0 Å². The quantitative estimate of drug-likeness (QED) is 0.791. The molecule has 22 heavy (non-hydrogen) atoms. The molecular weight excluding hydrogens is 276 g/mol. The third-order valence-electron chi connectivity index (χ3n) is 2.84. The summed E-state index contributed by atoms with van der Waals surface area (Å²) >= 11 is 0. The first kappa shape index (κ1) is 17.4. The molecule has 0 heterocycles. The second kappa shape index (κ2) is 8.62. The Kier molecular flexibility index (Phi) is 6.83. The molecule has 0 aliphatic rings. The molecule has 4 heteroatoms. The normalized spacial score (nSPS) is 11.3. The number of hydrogen-bond acceptors (Lipinski definition) is 2. The van der Waals surface area contributed by atoms with E-state index in [1.54, 1.807) is 0 Å². The Balaban J connectivity index is 2.61. The summed E-state index contributed by atoms with van der Waals surface area (Å²) in [6, 6.07) is 7.63. The third kappa shape index (κ3) is 6.70. The number of nitrogens with one attached hydrogen (secondary N) is 2. The van der Waals surface area contributed by atoms with Gasteiger partial charge < -0.3 is 10.6 Å². The molecule has 0 aromatic heterocycles. The Morgan fingerprint density at radius 3 is 2.23 bits per heavy atom. The van der Waals surface area contributed by atoms with Crippen molar-refractivity contribution in [3.05, 3.63) is 65.9 Å². The van der Waals surface area contributed by atoms with Crippen LogP contribution in [0.1, 0.15) is 26.3 Å². The molecule has 0 spiro atoms. The van der Waals surface area contributed by atoms with Crippen LogP contribution in [0.2, 0.25) is 0 Å². The molecule has 4 nitrogen and oxygen atoms in total. The van der Waals surface area contributed by atoms with Crippen LogP contribution in [0.15, 0.2) is 60.3 Å². The number of hydrogen-bond donors (Lipinski definition) is 2. The molecule has 0 saturated carbocycles. The van der Waals surface area contributed by atoms with E-state index < -0.39 is 0 Å². The smallest absolute Gasteiger partial charge is 0.221 e. The average molecular weight is 298 g/mol. The molecule has 2 amide bonds. The van der Waals surface area contributed by atoms with Crippen molar-refractivity contribution in [2.45, 2.75) is 27.2 Å². The molecular formula is C18H22N2O2. The van der Waals surface area contributed by atoms with E-state index in [1.807, 2.05) is 49.4 Å². The highest BCUT2D eigenvalue weighted by molar-refractivity contribution is 5.88. The van der Waals surface area contributed by atoms with Crippen LogP contribution in [0, 0.1) is 0 Å². The van der Waals surface area contributed by atoms with E-state index in [0.29, 0.717) is 6.42 Å². The third-order valence-corrected chi connectivity index (χ3v) is 2.84. The van der Waals surface area contributed by atoms with E-state index in [1.165, 1.54) is 13.8 Å². The summed E-state index contributed by atoms with van der Waals surface area (Å²) in [4.78, 5) is 22.0. The number of rotatable bonds is 6. The summed E-state index contributed by atoms with van der Waals surface area (Å²) in [5.74, 6) is -0.186. The van der Waals surface area contributed by atoms with E-state index in [0.717, 1.165) is 22.5 Å². The van der Waals surface area contributed by atoms with Crippen LogP contribution in [0.3, 0.4) is 0 Å². The lowest BCUT2D eigenvalue weighted by Gasteiger charge is -2.05. The van der Waals surface area contributed by atoms with Crippen LogP contribution in [0.4, 0.5) is 5.69 Å². The zero-order chi connectivity index (χ0) is 16.5. The topological polar surface area (TPSA) is 58.2 Å². The second-order valence-electron chi connectivity index (χ2n) is 4.97. The predicted molar refractivity (Wildman–Crippen MR) is 90.3 cm³/mol. The number of amides is 2. The van der Waals surface area contributed by atoms with Crippen LogP contribution >= 0.6 is 0 Å². The Morgan fingerprint density at radius 1 is 1.09 bits per heavy atom. The van der Waals surface area contributed by atoms with E-state index in [9.17, 15) is 9.59 Å². The lowest BCUT2D eigenvalue weighted by Crippen LogP contribution is -2.17. The number of benzene rings is 1. The molecule has 0 aliphatic carbocycles. The minimum absolute atomic E-state index is 0.0862. The number of carbonyl (C=O) groups excluding carboxylic acids is 2. The maximum absolute atomic E-state index is 11.0. The lowest BCUT2D eigenvalue weighted by atomic mass is 10.1. The summed E-state index contributed by atoms with van der Waals surface area (Å²) < 4.78 is 0. The molecule has 0 fully saturated rings. The highest BCUT2D eigenvalue weighted by Gasteiger charge is 1.99. The molecule has 1 rings (SSSR count). The van der Waals surface area contributed by atoms with Gasteiger partial charge >= 0.3 is 0 Å². The minimum Gasteiger partial charge on any atom is -0.327 e. The van der Waals surface area contributed by atoms with Gasteiger partial charge in [-0.1, -0.05) is 36.4 Å². The van der Waals surface area contributed by atoms with E-state index in [-0.39, 0.29) is 11.8 Å². The average Bonchev–Trinajstić information content (AvgIpc) is 2.44. The van der Waals surface area contributed by atoms with Gasteiger partial charge in [-0.2, -0.15) is 0 Å². The van der Waals surface area contributed by atoms with Crippen molar-refractivity contribution in [3.63, 3.8) is 0 Å². The maximum atomic E-state index is 11.0. The van der Waals surface area contributed by atoms with Gasteiger partial charge in [0.25, 0.3) is 0 Å². The molecule has 0 radical (unpaired) electrons. The summed E-state index contributed by atoms with van der Waals surface area (Å²) in [5.41, 5.74) is 3.55. The van der Waals surface area contributed by atoms with Crippen molar-refractivity contribution in [1.82, 2.24) is 5.32 Å². The van der Waals surface area contributed by atoms with Gasteiger partial charge in [0.2, 0.25) is 11.8 Å². The zero-order valence-corrected chi connectivity index (χ0v) is 13.3. The van der Waals surface area contributed by atoms with Crippen LogP contribution < -0.4 is 10.6 Å². The van der Waals surface area contributed by atoms with E-state index >= 15 is 0 Å². The number of carbonyl (C=O) groups is 2. The van der Waals surface area contributed by atoms with Gasteiger partial charge in [-0.3, -0.25) is 9.59 Å². The Labute approximate surface area is 131 Å². The highest BCUT2D eigenvalue weighted by Crippen LogP contribution is 2.13. The fourth-order valence-corrected chi connectivity index (χ4v) is 1.85. The van der Waals surface area contributed by atoms with E-state index in [2.05, 4.69) is 17.2 Å². The summed E-state index contributed by atoms with van der Waals surface area (Å²) in [7, 11) is 0. The fourth-order valence-electron chi connectivity index (χ4n) is 1.85. The summed E-state index contributed by atoms with van der Waals surface area (Å²) in [5, 5.41) is 5.46. The van der Waals surface area contributed by atoms with Crippen LogP contribution in [-0.2, 0) is 16.0 Å². The molecule has 0 unspecified atom stereocenters. The Hall–Kier alpha value is -2.62. The molecule has 0 aliphatic heterocycles. The summed E-state index contributed by atoms with van der Waals surface area (Å²) in [6.07, 6.45) is 6.24. The number of allylic oxidation sites excluding steroid dienone is 4.